The first-order chi connectivity index (χ1) is 8.60. The van der Waals surface area contributed by atoms with Crippen molar-refractivity contribution in [3.63, 3.8) is 0 Å². The molecule has 0 aliphatic carbocycles. The Morgan fingerprint density at radius 1 is 1.50 bits per heavy atom. The van der Waals surface area contributed by atoms with Gasteiger partial charge in [0.2, 0.25) is 0 Å². The molecule has 2 rings (SSSR count). The normalized spacial score (nSPS) is 10.8. The Morgan fingerprint density at radius 3 is 2.83 bits per heavy atom. The van der Waals surface area contributed by atoms with Gasteiger partial charge in [0.1, 0.15) is 5.75 Å². The molecule has 18 heavy (non-hydrogen) atoms. The molecule has 6 heteroatoms. The van der Waals surface area contributed by atoms with Crippen LogP contribution in [0.5, 0.6) is 5.75 Å². The van der Waals surface area contributed by atoms with E-state index >= 15 is 0 Å². The standard InChI is InChI=1S/C12H15N3O3/c1-7-11(12(18)14-13)9-6-8(17)2-3-10(9)15(7)4-5-16/h2-3,6,16-17H,4-5,13H2,1H3,(H,14,18). The van der Waals surface area contributed by atoms with Crippen molar-refractivity contribution in [3.8, 4) is 5.75 Å². The minimum absolute atomic E-state index is 0.0326. The fourth-order valence-electron chi connectivity index (χ4n) is 2.22. The second kappa shape index (κ2) is 4.67. The number of nitrogens with zero attached hydrogens (tertiary/aromatic N) is 1. The molecule has 5 N–H and O–H groups in total. The monoisotopic (exact) mass is 249 g/mol. The fourth-order valence-corrected chi connectivity index (χ4v) is 2.22. The first kappa shape index (κ1) is 12.4. The van der Waals surface area contributed by atoms with Gasteiger partial charge in [0.05, 0.1) is 12.2 Å². The molecule has 0 saturated carbocycles. The van der Waals surface area contributed by atoms with Crippen LogP contribution in [-0.2, 0) is 6.54 Å². The second-order valence-electron chi connectivity index (χ2n) is 4.01. The van der Waals surface area contributed by atoms with Crippen LogP contribution in [0.15, 0.2) is 18.2 Å². The Morgan fingerprint density at radius 2 is 2.22 bits per heavy atom. The maximum atomic E-state index is 11.8. The van der Waals surface area contributed by atoms with Crippen LogP contribution in [-0.4, -0.2) is 27.3 Å². The van der Waals surface area contributed by atoms with Crippen molar-refractivity contribution >= 4 is 16.8 Å². The highest BCUT2D eigenvalue weighted by molar-refractivity contribution is 6.08. The average Bonchev–Trinajstić information content (AvgIpc) is 2.62. The van der Waals surface area contributed by atoms with Crippen molar-refractivity contribution in [1.82, 2.24) is 9.99 Å². The molecule has 0 fully saturated rings. The summed E-state index contributed by atoms with van der Waals surface area (Å²) in [6.07, 6.45) is 0. The van der Waals surface area contributed by atoms with Crippen LogP contribution in [0.2, 0.25) is 0 Å². The Balaban J connectivity index is 2.78. The average molecular weight is 249 g/mol. The highest BCUT2D eigenvalue weighted by atomic mass is 16.3. The van der Waals surface area contributed by atoms with E-state index in [2.05, 4.69) is 5.43 Å². The van der Waals surface area contributed by atoms with Gasteiger partial charge in [-0.3, -0.25) is 10.2 Å². The molecule has 1 amide bonds. The van der Waals surface area contributed by atoms with Crippen LogP contribution in [0.25, 0.3) is 10.9 Å². The zero-order valence-electron chi connectivity index (χ0n) is 9.97. The summed E-state index contributed by atoms with van der Waals surface area (Å²) in [5.74, 6) is 4.83. The molecule has 0 aliphatic heterocycles. The fraction of sp³-hybridized carbons (Fsp3) is 0.250. The molecule has 0 radical (unpaired) electrons. The number of nitrogens with two attached hydrogens (primary N) is 1. The number of nitrogen functional groups attached to an aromatic ring is 1. The van der Waals surface area contributed by atoms with Gasteiger partial charge in [0.15, 0.2) is 0 Å². The molecule has 0 unspecified atom stereocenters. The van der Waals surface area contributed by atoms with E-state index < -0.39 is 5.91 Å². The lowest BCUT2D eigenvalue weighted by molar-refractivity contribution is 0.0954. The predicted octanol–water partition coefficient (Wildman–Crippen LogP) is 0.251. The van der Waals surface area contributed by atoms with Crippen molar-refractivity contribution in [3.05, 3.63) is 29.5 Å². The molecule has 1 aromatic carbocycles. The van der Waals surface area contributed by atoms with Gasteiger partial charge in [0.25, 0.3) is 5.91 Å². The van der Waals surface area contributed by atoms with Crippen molar-refractivity contribution in [2.75, 3.05) is 6.61 Å². The van der Waals surface area contributed by atoms with Gasteiger partial charge in [-0.1, -0.05) is 0 Å². The zero-order chi connectivity index (χ0) is 13.3. The number of rotatable bonds is 3. The third-order valence-electron chi connectivity index (χ3n) is 2.99. The van der Waals surface area contributed by atoms with Gasteiger partial charge < -0.3 is 14.8 Å². The summed E-state index contributed by atoms with van der Waals surface area (Å²) in [6, 6.07) is 4.77. The third kappa shape index (κ3) is 1.81. The number of carbonyl (C=O) groups is 1. The first-order valence-corrected chi connectivity index (χ1v) is 5.53. The Bertz CT molecular complexity index is 604. The van der Waals surface area contributed by atoms with E-state index in [0.717, 1.165) is 5.52 Å². The van der Waals surface area contributed by atoms with Gasteiger partial charge in [-0.25, -0.2) is 5.84 Å². The summed E-state index contributed by atoms with van der Waals surface area (Å²) in [5.41, 5.74) is 3.98. The number of phenols is 1. The maximum absolute atomic E-state index is 11.8. The van der Waals surface area contributed by atoms with Gasteiger partial charge in [-0.2, -0.15) is 0 Å². The number of amides is 1. The number of hydrogen-bond donors (Lipinski definition) is 4. The maximum Gasteiger partial charge on any atom is 0.267 e. The summed E-state index contributed by atoms with van der Waals surface area (Å²) < 4.78 is 1.82. The molecular weight excluding hydrogens is 234 g/mol. The van der Waals surface area contributed by atoms with Crippen molar-refractivity contribution in [1.29, 1.82) is 0 Å². The number of aromatic hydroxyl groups is 1. The number of carbonyl (C=O) groups excluding carboxylic acids is 1. The lowest BCUT2D eigenvalue weighted by Crippen LogP contribution is -2.30. The van der Waals surface area contributed by atoms with Gasteiger partial charge >= 0.3 is 0 Å². The minimum atomic E-state index is -0.417. The molecule has 1 aromatic heterocycles. The molecule has 2 aromatic rings. The van der Waals surface area contributed by atoms with E-state index in [0.29, 0.717) is 23.2 Å². The first-order valence-electron chi connectivity index (χ1n) is 5.53. The smallest absolute Gasteiger partial charge is 0.267 e. The van der Waals surface area contributed by atoms with E-state index in [4.69, 9.17) is 10.9 Å². The van der Waals surface area contributed by atoms with Crippen LogP contribution in [0.4, 0.5) is 0 Å². The lowest BCUT2D eigenvalue weighted by Gasteiger charge is -2.05. The van der Waals surface area contributed by atoms with Crippen LogP contribution >= 0.6 is 0 Å². The van der Waals surface area contributed by atoms with Crippen molar-refractivity contribution in [2.24, 2.45) is 5.84 Å². The molecule has 6 nitrogen and oxygen atoms in total. The SMILES string of the molecule is Cc1c(C(=O)NN)c2cc(O)ccc2n1CCO. The number of hydrazine groups is 1. The van der Waals surface area contributed by atoms with Crippen LogP contribution in [0, 0.1) is 6.92 Å². The summed E-state index contributed by atoms with van der Waals surface area (Å²) in [5, 5.41) is 19.2. The lowest BCUT2D eigenvalue weighted by atomic mass is 10.1. The predicted molar refractivity (Wildman–Crippen MR) is 67.1 cm³/mol. The van der Waals surface area contributed by atoms with E-state index in [1.165, 1.54) is 6.07 Å². The van der Waals surface area contributed by atoms with Gasteiger partial charge in [-0.05, 0) is 25.1 Å². The number of phenolic OH excluding ortho intramolecular Hbond substituents is 1. The highest BCUT2D eigenvalue weighted by Gasteiger charge is 2.19. The molecule has 1 heterocycles. The number of benzene rings is 1. The molecular formula is C12H15N3O3. The minimum Gasteiger partial charge on any atom is -0.508 e. The van der Waals surface area contributed by atoms with E-state index in [-0.39, 0.29) is 12.4 Å². The van der Waals surface area contributed by atoms with Gasteiger partial charge in [0, 0.05) is 23.1 Å². The second-order valence-corrected chi connectivity index (χ2v) is 4.01. The van der Waals surface area contributed by atoms with Gasteiger partial charge in [-0.15, -0.1) is 0 Å². The number of aromatic nitrogens is 1. The van der Waals surface area contributed by atoms with Crippen LogP contribution in [0.3, 0.4) is 0 Å². The largest absolute Gasteiger partial charge is 0.508 e. The Hall–Kier alpha value is -2.05. The number of aliphatic hydroxyl groups excluding tert-OH is 1. The van der Waals surface area contributed by atoms with Crippen LogP contribution < -0.4 is 11.3 Å². The third-order valence-corrected chi connectivity index (χ3v) is 2.99. The van der Waals surface area contributed by atoms with Crippen LogP contribution in [0.1, 0.15) is 16.1 Å². The molecule has 0 spiro atoms. The molecule has 0 atom stereocenters. The number of nitrogens with one attached hydrogen (secondary N) is 1. The van der Waals surface area contributed by atoms with E-state index in [1.807, 2.05) is 4.57 Å². The molecule has 0 bridgehead atoms. The van der Waals surface area contributed by atoms with E-state index in [1.54, 1.807) is 19.1 Å². The summed E-state index contributed by atoms with van der Waals surface area (Å²) in [7, 11) is 0. The number of fused-ring (bicyclic) bond motifs is 1. The van der Waals surface area contributed by atoms with E-state index in [9.17, 15) is 9.90 Å². The zero-order valence-corrected chi connectivity index (χ0v) is 9.97. The Labute approximate surface area is 104 Å². The molecule has 96 valence electrons. The summed E-state index contributed by atoms with van der Waals surface area (Å²) in [6.45, 7) is 2.12. The number of aliphatic hydroxyl groups is 1. The van der Waals surface area contributed by atoms with Crippen molar-refractivity contribution < 1.29 is 15.0 Å². The topological polar surface area (TPSA) is 101 Å². The summed E-state index contributed by atoms with van der Waals surface area (Å²) >= 11 is 0. The highest BCUT2D eigenvalue weighted by Crippen LogP contribution is 2.28. The molecule has 0 saturated heterocycles. The quantitative estimate of drug-likeness (QED) is 0.356. The van der Waals surface area contributed by atoms with Crippen molar-refractivity contribution in [2.45, 2.75) is 13.5 Å². The number of hydrogen-bond acceptors (Lipinski definition) is 4. The summed E-state index contributed by atoms with van der Waals surface area (Å²) in [4.78, 5) is 11.8. The molecule has 0 aliphatic rings. The Kier molecular flexibility index (Phi) is 3.22.